The average Bonchev–Trinajstić information content (AvgIpc) is 2.81. The molecule has 0 saturated heterocycles. The average molecular weight is 265 g/mol. The van der Waals surface area contributed by atoms with Crippen LogP contribution in [0.1, 0.15) is 29.3 Å². The Morgan fingerprint density at radius 1 is 1.28 bits per heavy atom. The molecular weight excluding hydrogens is 252 g/mol. The molecule has 1 atom stereocenters. The number of furan rings is 1. The molecule has 3 N–H and O–H groups in total. The Morgan fingerprint density at radius 2 is 1.94 bits per heavy atom. The van der Waals surface area contributed by atoms with Crippen LogP contribution in [-0.4, -0.2) is 5.91 Å². The number of rotatable bonds is 3. The van der Waals surface area contributed by atoms with Crippen LogP contribution in [0.2, 0.25) is 5.02 Å². The lowest BCUT2D eigenvalue weighted by Gasteiger charge is -2.03. The van der Waals surface area contributed by atoms with E-state index in [9.17, 15) is 4.79 Å². The van der Waals surface area contributed by atoms with E-state index in [0.717, 1.165) is 0 Å². The molecule has 0 fully saturated rings. The number of nitrogens with two attached hydrogens (primary N) is 1. The smallest absolute Gasteiger partial charge is 0.291 e. The Kier molecular flexibility index (Phi) is 3.69. The Balaban J connectivity index is 2.09. The van der Waals surface area contributed by atoms with Crippen LogP contribution in [0.3, 0.4) is 0 Å². The molecule has 94 valence electrons. The third-order valence-corrected chi connectivity index (χ3v) is 2.65. The summed E-state index contributed by atoms with van der Waals surface area (Å²) in [6.07, 6.45) is 0. The molecule has 0 aliphatic carbocycles. The van der Waals surface area contributed by atoms with Gasteiger partial charge in [0.2, 0.25) is 0 Å². The fourth-order valence-electron chi connectivity index (χ4n) is 1.45. The van der Waals surface area contributed by atoms with Gasteiger partial charge in [-0.2, -0.15) is 0 Å². The van der Waals surface area contributed by atoms with Crippen molar-refractivity contribution in [2.24, 2.45) is 5.73 Å². The predicted octanol–water partition coefficient (Wildman–Crippen LogP) is 3.21. The standard InChI is InChI=1S/C13H13ClN2O2/c1-8(15)11-6-7-12(18-11)13(17)16-10-4-2-9(14)3-5-10/h2-8H,15H2,1H3,(H,16,17). The lowest BCUT2D eigenvalue weighted by atomic mass is 10.3. The van der Waals surface area contributed by atoms with Crippen LogP contribution in [0.4, 0.5) is 5.69 Å². The minimum absolute atomic E-state index is 0.234. The Labute approximate surface area is 110 Å². The summed E-state index contributed by atoms with van der Waals surface area (Å²) in [4.78, 5) is 11.9. The summed E-state index contributed by atoms with van der Waals surface area (Å²) < 4.78 is 5.34. The van der Waals surface area contributed by atoms with Gasteiger partial charge in [-0.3, -0.25) is 4.79 Å². The lowest BCUT2D eigenvalue weighted by molar-refractivity contribution is 0.0994. The van der Waals surface area contributed by atoms with E-state index in [0.29, 0.717) is 16.5 Å². The third-order valence-electron chi connectivity index (χ3n) is 2.40. The first-order chi connectivity index (χ1) is 8.56. The summed E-state index contributed by atoms with van der Waals surface area (Å²) in [6.45, 7) is 1.79. The number of hydrogen-bond donors (Lipinski definition) is 2. The van der Waals surface area contributed by atoms with Crippen molar-refractivity contribution in [3.63, 3.8) is 0 Å². The monoisotopic (exact) mass is 264 g/mol. The number of amides is 1. The van der Waals surface area contributed by atoms with Gasteiger partial charge in [-0.1, -0.05) is 11.6 Å². The number of benzene rings is 1. The van der Waals surface area contributed by atoms with Crippen LogP contribution >= 0.6 is 11.6 Å². The maximum atomic E-state index is 11.9. The fourth-order valence-corrected chi connectivity index (χ4v) is 1.57. The first-order valence-electron chi connectivity index (χ1n) is 5.48. The van der Waals surface area contributed by atoms with Crippen molar-refractivity contribution in [2.45, 2.75) is 13.0 Å². The van der Waals surface area contributed by atoms with Gasteiger partial charge in [-0.05, 0) is 43.3 Å². The summed E-state index contributed by atoms with van der Waals surface area (Å²) in [5.41, 5.74) is 6.31. The molecule has 0 aliphatic heterocycles. The number of anilines is 1. The molecule has 5 heteroatoms. The quantitative estimate of drug-likeness (QED) is 0.894. The van der Waals surface area contributed by atoms with Gasteiger partial charge in [-0.15, -0.1) is 0 Å². The summed E-state index contributed by atoms with van der Waals surface area (Å²) >= 11 is 5.76. The zero-order valence-corrected chi connectivity index (χ0v) is 10.6. The zero-order valence-electron chi connectivity index (χ0n) is 9.81. The second-order valence-corrected chi connectivity index (χ2v) is 4.39. The second-order valence-electron chi connectivity index (χ2n) is 3.95. The van der Waals surface area contributed by atoms with Crippen molar-refractivity contribution in [3.8, 4) is 0 Å². The van der Waals surface area contributed by atoms with E-state index < -0.39 is 0 Å². The Bertz CT molecular complexity index is 546. The van der Waals surface area contributed by atoms with Gasteiger partial charge in [0.1, 0.15) is 5.76 Å². The van der Waals surface area contributed by atoms with E-state index >= 15 is 0 Å². The summed E-state index contributed by atoms with van der Waals surface area (Å²) in [6, 6.07) is 9.90. The van der Waals surface area contributed by atoms with E-state index in [2.05, 4.69) is 5.32 Å². The van der Waals surface area contributed by atoms with Gasteiger partial charge in [0, 0.05) is 10.7 Å². The van der Waals surface area contributed by atoms with Gasteiger partial charge < -0.3 is 15.5 Å². The fraction of sp³-hybridized carbons (Fsp3) is 0.154. The van der Waals surface area contributed by atoms with Gasteiger partial charge in [-0.25, -0.2) is 0 Å². The van der Waals surface area contributed by atoms with Gasteiger partial charge >= 0.3 is 0 Å². The van der Waals surface area contributed by atoms with Gasteiger partial charge in [0.05, 0.1) is 6.04 Å². The number of halogens is 1. The molecule has 0 aliphatic rings. The van der Waals surface area contributed by atoms with E-state index in [1.807, 2.05) is 0 Å². The molecule has 1 aromatic heterocycles. The zero-order chi connectivity index (χ0) is 13.1. The highest BCUT2D eigenvalue weighted by Crippen LogP contribution is 2.17. The van der Waals surface area contributed by atoms with Crippen LogP contribution in [0.25, 0.3) is 0 Å². The molecular formula is C13H13ClN2O2. The molecule has 4 nitrogen and oxygen atoms in total. The summed E-state index contributed by atoms with van der Waals surface area (Å²) in [7, 11) is 0. The molecule has 2 rings (SSSR count). The predicted molar refractivity (Wildman–Crippen MR) is 70.7 cm³/mol. The van der Waals surface area contributed by atoms with Crippen LogP contribution in [0, 0.1) is 0 Å². The lowest BCUT2D eigenvalue weighted by Crippen LogP contribution is -2.11. The first-order valence-corrected chi connectivity index (χ1v) is 5.86. The third kappa shape index (κ3) is 2.91. The normalized spacial score (nSPS) is 12.2. The van der Waals surface area contributed by atoms with E-state index in [1.165, 1.54) is 0 Å². The maximum absolute atomic E-state index is 11.9. The number of hydrogen-bond acceptors (Lipinski definition) is 3. The largest absolute Gasteiger partial charge is 0.454 e. The molecule has 0 radical (unpaired) electrons. The molecule has 1 amide bonds. The van der Waals surface area contributed by atoms with Crippen molar-refractivity contribution in [3.05, 3.63) is 52.9 Å². The number of carbonyl (C=O) groups excluding carboxylic acids is 1. The summed E-state index contributed by atoms with van der Waals surface area (Å²) in [5, 5.41) is 3.32. The molecule has 2 aromatic rings. The van der Waals surface area contributed by atoms with E-state index in [-0.39, 0.29) is 17.7 Å². The van der Waals surface area contributed by atoms with Crippen molar-refractivity contribution in [2.75, 3.05) is 5.32 Å². The molecule has 0 bridgehead atoms. The molecule has 1 unspecified atom stereocenters. The molecule has 0 spiro atoms. The van der Waals surface area contributed by atoms with Crippen LogP contribution in [0.15, 0.2) is 40.8 Å². The highest BCUT2D eigenvalue weighted by molar-refractivity contribution is 6.30. The van der Waals surface area contributed by atoms with Gasteiger partial charge in [0.15, 0.2) is 5.76 Å². The van der Waals surface area contributed by atoms with Crippen LogP contribution in [0.5, 0.6) is 0 Å². The molecule has 1 aromatic carbocycles. The number of nitrogens with one attached hydrogen (secondary N) is 1. The maximum Gasteiger partial charge on any atom is 0.291 e. The van der Waals surface area contributed by atoms with Crippen molar-refractivity contribution >= 4 is 23.2 Å². The second kappa shape index (κ2) is 5.25. The first kappa shape index (κ1) is 12.7. The van der Waals surface area contributed by atoms with Gasteiger partial charge in [0.25, 0.3) is 5.91 Å². The number of carbonyl (C=O) groups is 1. The summed E-state index contributed by atoms with van der Waals surface area (Å²) in [5.74, 6) is 0.498. The molecule has 18 heavy (non-hydrogen) atoms. The Morgan fingerprint density at radius 3 is 2.50 bits per heavy atom. The SMILES string of the molecule is CC(N)c1ccc(C(=O)Nc2ccc(Cl)cc2)o1. The molecule has 1 heterocycles. The van der Waals surface area contributed by atoms with Crippen LogP contribution < -0.4 is 11.1 Å². The van der Waals surface area contributed by atoms with Crippen molar-refractivity contribution in [1.82, 2.24) is 0 Å². The van der Waals surface area contributed by atoms with Crippen LogP contribution in [-0.2, 0) is 0 Å². The van der Waals surface area contributed by atoms with E-state index in [4.69, 9.17) is 21.8 Å². The highest BCUT2D eigenvalue weighted by atomic mass is 35.5. The minimum atomic E-state index is -0.316. The van der Waals surface area contributed by atoms with Crippen molar-refractivity contribution < 1.29 is 9.21 Å². The van der Waals surface area contributed by atoms with Crippen molar-refractivity contribution in [1.29, 1.82) is 0 Å². The topological polar surface area (TPSA) is 68.3 Å². The Hall–Kier alpha value is -1.78. The minimum Gasteiger partial charge on any atom is -0.454 e. The molecule has 0 saturated carbocycles. The highest BCUT2D eigenvalue weighted by Gasteiger charge is 2.13. The van der Waals surface area contributed by atoms with E-state index in [1.54, 1.807) is 43.3 Å².